The van der Waals surface area contributed by atoms with E-state index in [-0.39, 0.29) is 12.3 Å². The minimum atomic E-state index is -1.35. The maximum atomic E-state index is 13.3. The average Bonchev–Trinajstić information content (AvgIpc) is 3.27. The van der Waals surface area contributed by atoms with Gasteiger partial charge in [0.2, 0.25) is 23.6 Å². The second kappa shape index (κ2) is 14.3. The van der Waals surface area contributed by atoms with Gasteiger partial charge in [0.15, 0.2) is 0 Å². The topological polar surface area (TPSA) is 209 Å². The van der Waals surface area contributed by atoms with Crippen molar-refractivity contribution in [3.63, 3.8) is 0 Å². The zero-order chi connectivity index (χ0) is 29.3. The molecule has 5 unspecified atom stereocenters. The summed E-state index contributed by atoms with van der Waals surface area (Å²) in [5.74, 6) is -4.47. The Morgan fingerprint density at radius 2 is 1.59 bits per heavy atom. The van der Waals surface area contributed by atoms with Crippen molar-refractivity contribution in [3.05, 3.63) is 36.0 Å². The van der Waals surface area contributed by atoms with Gasteiger partial charge in [-0.2, -0.15) is 0 Å². The molecule has 1 aromatic carbocycles. The lowest BCUT2D eigenvalue weighted by Gasteiger charge is -2.28. The normalized spacial score (nSPS) is 15.1. The van der Waals surface area contributed by atoms with Crippen LogP contribution in [0.4, 0.5) is 0 Å². The number of para-hydroxylation sites is 1. The fraction of sp³-hybridized carbons (Fsp3) is 0.519. The molecule has 0 radical (unpaired) electrons. The zero-order valence-electron chi connectivity index (χ0n) is 22.8. The Morgan fingerprint density at radius 1 is 0.949 bits per heavy atom. The van der Waals surface area contributed by atoms with Gasteiger partial charge in [-0.25, -0.2) is 4.79 Å². The number of hydrogen-bond donors (Lipinski definition) is 7. The minimum absolute atomic E-state index is 0.0142. The fourth-order valence-corrected chi connectivity index (χ4v) is 4.24. The lowest BCUT2D eigenvalue weighted by molar-refractivity contribution is -0.142. The third kappa shape index (κ3) is 9.10. The highest BCUT2D eigenvalue weighted by molar-refractivity contribution is 5.96. The third-order valence-electron chi connectivity index (χ3n) is 6.61. The molecule has 0 saturated carbocycles. The van der Waals surface area contributed by atoms with Crippen LogP contribution in [-0.4, -0.2) is 63.9 Å². The Labute approximate surface area is 227 Å². The van der Waals surface area contributed by atoms with Crippen molar-refractivity contribution >= 4 is 40.5 Å². The van der Waals surface area contributed by atoms with Crippen molar-refractivity contribution in [2.24, 2.45) is 23.3 Å². The molecule has 12 heteroatoms. The molecule has 214 valence electrons. The molecule has 0 aliphatic rings. The molecule has 1 aromatic heterocycles. The Hall–Kier alpha value is -3.93. The van der Waals surface area contributed by atoms with Crippen LogP contribution in [0.25, 0.3) is 10.9 Å². The van der Waals surface area contributed by atoms with Gasteiger partial charge in [0.1, 0.15) is 18.1 Å². The number of carbonyl (C=O) groups is 5. The molecular weight excluding hydrogens is 504 g/mol. The van der Waals surface area contributed by atoms with E-state index >= 15 is 0 Å². The molecule has 2 aromatic rings. The van der Waals surface area contributed by atoms with Crippen LogP contribution in [0.15, 0.2) is 30.5 Å². The smallest absolute Gasteiger partial charge is 0.326 e. The predicted molar refractivity (Wildman–Crippen MR) is 146 cm³/mol. The van der Waals surface area contributed by atoms with Crippen LogP contribution in [0, 0.1) is 11.8 Å². The van der Waals surface area contributed by atoms with Crippen molar-refractivity contribution in [2.75, 3.05) is 0 Å². The first-order chi connectivity index (χ1) is 18.3. The Balaban J connectivity index is 2.20. The van der Waals surface area contributed by atoms with Crippen molar-refractivity contribution in [3.8, 4) is 0 Å². The van der Waals surface area contributed by atoms with Crippen molar-refractivity contribution in [1.29, 1.82) is 0 Å². The largest absolute Gasteiger partial charge is 0.480 e. The summed E-state index contributed by atoms with van der Waals surface area (Å²) in [6.07, 6.45) is 2.05. The number of rotatable bonds is 15. The van der Waals surface area contributed by atoms with Crippen molar-refractivity contribution < 1.29 is 29.1 Å². The first-order valence-corrected chi connectivity index (χ1v) is 13.1. The van der Waals surface area contributed by atoms with Gasteiger partial charge >= 0.3 is 5.97 Å². The van der Waals surface area contributed by atoms with Gasteiger partial charge in [-0.05, 0) is 29.9 Å². The van der Waals surface area contributed by atoms with E-state index in [2.05, 4.69) is 20.9 Å². The van der Waals surface area contributed by atoms with E-state index in [1.165, 1.54) is 0 Å². The summed E-state index contributed by atoms with van der Waals surface area (Å²) in [5.41, 5.74) is 12.8. The van der Waals surface area contributed by atoms with E-state index < -0.39 is 66.1 Å². The second-order valence-corrected chi connectivity index (χ2v) is 10.3. The molecule has 0 saturated heterocycles. The molecule has 39 heavy (non-hydrogen) atoms. The Kier molecular flexibility index (Phi) is 11.5. The van der Waals surface area contributed by atoms with Crippen molar-refractivity contribution in [1.82, 2.24) is 20.9 Å². The third-order valence-corrected chi connectivity index (χ3v) is 6.61. The van der Waals surface area contributed by atoms with Crippen LogP contribution < -0.4 is 27.4 Å². The summed E-state index contributed by atoms with van der Waals surface area (Å²) in [6.45, 7) is 7.31. The molecule has 0 aliphatic heterocycles. The molecule has 1 heterocycles. The summed E-state index contributed by atoms with van der Waals surface area (Å²) in [4.78, 5) is 65.7. The van der Waals surface area contributed by atoms with Gasteiger partial charge in [0.25, 0.3) is 0 Å². The van der Waals surface area contributed by atoms with E-state index in [4.69, 9.17) is 11.5 Å². The number of aliphatic carboxylic acids is 1. The van der Waals surface area contributed by atoms with E-state index in [1.807, 2.05) is 45.0 Å². The highest BCUT2D eigenvalue weighted by Gasteiger charge is 2.33. The van der Waals surface area contributed by atoms with Gasteiger partial charge in [0.05, 0.1) is 12.5 Å². The number of benzene rings is 1. The van der Waals surface area contributed by atoms with E-state index in [9.17, 15) is 29.1 Å². The molecule has 12 nitrogen and oxygen atoms in total. The second-order valence-electron chi connectivity index (χ2n) is 10.3. The molecule has 0 spiro atoms. The highest BCUT2D eigenvalue weighted by Crippen LogP contribution is 2.19. The molecule has 5 atom stereocenters. The number of fused-ring (bicyclic) bond motifs is 1. The number of amides is 4. The quantitative estimate of drug-likeness (QED) is 0.169. The van der Waals surface area contributed by atoms with E-state index in [0.29, 0.717) is 18.4 Å². The minimum Gasteiger partial charge on any atom is -0.480 e. The predicted octanol–water partition coefficient (Wildman–Crippen LogP) is 0.544. The summed E-state index contributed by atoms with van der Waals surface area (Å²) < 4.78 is 0. The Bertz CT molecular complexity index is 1180. The molecule has 4 amide bonds. The SMILES string of the molecule is CCC(C)C(NC(=O)C(CC(N)=O)NC(=O)C(N)CC(C)C)C(=O)NC(Cc1c[nH]c2ccccc12)C(=O)O. The lowest BCUT2D eigenvalue weighted by Crippen LogP contribution is -2.59. The first kappa shape index (κ1) is 31.3. The number of H-pyrrole nitrogens is 1. The first-order valence-electron chi connectivity index (χ1n) is 13.1. The van der Waals surface area contributed by atoms with Gasteiger partial charge in [-0.1, -0.05) is 52.3 Å². The lowest BCUT2D eigenvalue weighted by atomic mass is 9.96. The zero-order valence-corrected chi connectivity index (χ0v) is 22.8. The summed E-state index contributed by atoms with van der Waals surface area (Å²) in [6, 6.07) is 2.74. The van der Waals surface area contributed by atoms with Gasteiger partial charge in [-0.15, -0.1) is 0 Å². The van der Waals surface area contributed by atoms with Crippen LogP contribution in [0.5, 0.6) is 0 Å². The summed E-state index contributed by atoms with van der Waals surface area (Å²) >= 11 is 0. The van der Waals surface area contributed by atoms with Gasteiger partial charge in [0, 0.05) is 23.5 Å². The molecular formula is C27H40N6O6. The summed E-state index contributed by atoms with van der Waals surface area (Å²) in [5, 5.41) is 18.2. The number of carbonyl (C=O) groups excluding carboxylic acids is 4. The monoisotopic (exact) mass is 544 g/mol. The maximum Gasteiger partial charge on any atom is 0.326 e. The van der Waals surface area contributed by atoms with Gasteiger partial charge in [-0.3, -0.25) is 19.2 Å². The molecule has 0 fully saturated rings. The molecule has 2 rings (SSSR count). The average molecular weight is 545 g/mol. The number of aromatic amines is 1. The fourth-order valence-electron chi connectivity index (χ4n) is 4.24. The van der Waals surface area contributed by atoms with Gasteiger partial charge < -0.3 is 37.5 Å². The molecule has 0 aliphatic carbocycles. The van der Waals surface area contributed by atoms with Crippen molar-refractivity contribution in [2.45, 2.75) is 77.5 Å². The van der Waals surface area contributed by atoms with E-state index in [0.717, 1.165) is 10.9 Å². The Morgan fingerprint density at radius 3 is 2.18 bits per heavy atom. The number of nitrogens with two attached hydrogens (primary N) is 2. The number of aromatic nitrogens is 1. The summed E-state index contributed by atoms with van der Waals surface area (Å²) in [7, 11) is 0. The number of carboxylic acid groups (broad SMARTS) is 1. The molecule has 9 N–H and O–H groups in total. The van der Waals surface area contributed by atoms with Crippen LogP contribution in [0.3, 0.4) is 0 Å². The maximum absolute atomic E-state index is 13.3. The van der Waals surface area contributed by atoms with Crippen LogP contribution in [-0.2, 0) is 30.4 Å². The number of nitrogens with one attached hydrogen (secondary N) is 4. The number of carboxylic acids is 1. The van der Waals surface area contributed by atoms with E-state index in [1.54, 1.807) is 13.1 Å². The van der Waals surface area contributed by atoms with Crippen LogP contribution in [0.1, 0.15) is 52.5 Å². The standard InChI is InChI=1S/C27H40N6O6/c1-5-15(4)23(33-25(36)20(12-22(29)34)31-24(35)18(28)10-14(2)3)26(37)32-21(27(38)39)11-16-13-30-19-9-7-6-8-17(16)19/h6-9,13-15,18,20-21,23,30H,5,10-12,28H2,1-4H3,(H2,29,34)(H,31,35)(H,32,37)(H,33,36)(H,38,39). The van der Waals surface area contributed by atoms with Crippen LogP contribution >= 0.6 is 0 Å². The molecule has 0 bridgehead atoms. The number of primary amides is 1. The van der Waals surface area contributed by atoms with Crippen LogP contribution in [0.2, 0.25) is 0 Å². The highest BCUT2D eigenvalue weighted by atomic mass is 16.4. The number of hydrogen-bond acceptors (Lipinski definition) is 6.